The maximum Gasteiger partial charge on any atom is 0.183 e. The van der Waals surface area contributed by atoms with Crippen molar-refractivity contribution in [2.45, 2.75) is 13.0 Å². The number of nitrogens with two attached hydrogens (primary N) is 1. The number of hydrogen-bond acceptors (Lipinski definition) is 5. The molecule has 0 radical (unpaired) electrons. The molecule has 0 saturated heterocycles. The highest BCUT2D eigenvalue weighted by atomic mass is 32.1. The summed E-state index contributed by atoms with van der Waals surface area (Å²) < 4.78 is 5.38. The Morgan fingerprint density at radius 3 is 2.72 bits per heavy atom. The molecule has 2 aromatic rings. The van der Waals surface area contributed by atoms with Gasteiger partial charge in [0.2, 0.25) is 0 Å². The average Bonchev–Trinajstić information content (AvgIpc) is 2.83. The molecule has 4 nitrogen and oxygen atoms in total. The summed E-state index contributed by atoms with van der Waals surface area (Å²) in [6.07, 6.45) is 0. The van der Waals surface area contributed by atoms with Crippen LogP contribution in [-0.2, 0) is 0 Å². The first-order valence-electron chi connectivity index (χ1n) is 5.74. The Kier molecular flexibility index (Phi) is 3.84. The third-order valence-electron chi connectivity index (χ3n) is 2.64. The first-order chi connectivity index (χ1) is 8.67. The summed E-state index contributed by atoms with van der Waals surface area (Å²) in [6.45, 7) is 1.96. The standard InChI is InChI=1S/C13H17N3OS/c1-8(14)12-11(16-13(15-2)18-12)9-6-4-5-7-10(9)17-3/h4-8H,14H2,1-3H3,(H,15,16). The van der Waals surface area contributed by atoms with Gasteiger partial charge in [0.25, 0.3) is 0 Å². The number of ether oxygens (including phenoxy) is 1. The van der Waals surface area contributed by atoms with Crippen LogP contribution in [0.1, 0.15) is 17.8 Å². The fourth-order valence-electron chi connectivity index (χ4n) is 1.78. The molecule has 0 aliphatic heterocycles. The van der Waals surface area contributed by atoms with Crippen molar-refractivity contribution in [1.82, 2.24) is 4.98 Å². The van der Waals surface area contributed by atoms with E-state index in [0.717, 1.165) is 27.0 Å². The number of benzene rings is 1. The first-order valence-corrected chi connectivity index (χ1v) is 6.56. The van der Waals surface area contributed by atoms with E-state index in [9.17, 15) is 0 Å². The minimum atomic E-state index is -0.0514. The van der Waals surface area contributed by atoms with Gasteiger partial charge in [-0.3, -0.25) is 0 Å². The second kappa shape index (κ2) is 5.37. The van der Waals surface area contributed by atoms with Crippen molar-refractivity contribution >= 4 is 16.5 Å². The Labute approximate surface area is 111 Å². The number of rotatable bonds is 4. The molecule has 2 rings (SSSR count). The van der Waals surface area contributed by atoms with E-state index in [0.29, 0.717) is 0 Å². The maximum absolute atomic E-state index is 6.01. The number of nitrogens with one attached hydrogen (secondary N) is 1. The monoisotopic (exact) mass is 263 g/mol. The van der Waals surface area contributed by atoms with Crippen LogP contribution in [0.15, 0.2) is 24.3 Å². The van der Waals surface area contributed by atoms with Crippen LogP contribution in [0, 0.1) is 0 Å². The van der Waals surface area contributed by atoms with Crippen molar-refractivity contribution in [2.24, 2.45) is 5.73 Å². The van der Waals surface area contributed by atoms with Crippen molar-refractivity contribution in [3.05, 3.63) is 29.1 Å². The molecule has 1 aromatic carbocycles. The van der Waals surface area contributed by atoms with E-state index in [2.05, 4.69) is 10.3 Å². The van der Waals surface area contributed by atoms with Crippen molar-refractivity contribution in [3.8, 4) is 17.0 Å². The average molecular weight is 263 g/mol. The summed E-state index contributed by atoms with van der Waals surface area (Å²) in [5.74, 6) is 0.812. The first kappa shape index (κ1) is 12.9. The van der Waals surface area contributed by atoms with Gasteiger partial charge < -0.3 is 15.8 Å². The smallest absolute Gasteiger partial charge is 0.183 e. The van der Waals surface area contributed by atoms with Gasteiger partial charge in [-0.1, -0.05) is 23.5 Å². The molecular formula is C13H17N3OS. The lowest BCUT2D eigenvalue weighted by atomic mass is 10.1. The van der Waals surface area contributed by atoms with E-state index < -0.39 is 0 Å². The largest absolute Gasteiger partial charge is 0.496 e. The van der Waals surface area contributed by atoms with Crippen LogP contribution in [0.5, 0.6) is 5.75 Å². The predicted molar refractivity (Wildman–Crippen MR) is 76.3 cm³/mol. The third kappa shape index (κ3) is 2.32. The van der Waals surface area contributed by atoms with Crippen molar-refractivity contribution in [2.75, 3.05) is 19.5 Å². The Morgan fingerprint density at radius 2 is 2.11 bits per heavy atom. The zero-order chi connectivity index (χ0) is 13.1. The molecule has 0 fully saturated rings. The van der Waals surface area contributed by atoms with Gasteiger partial charge in [0, 0.05) is 18.7 Å². The summed E-state index contributed by atoms with van der Waals surface area (Å²) >= 11 is 1.58. The molecule has 1 heterocycles. The van der Waals surface area contributed by atoms with Crippen molar-refractivity contribution in [3.63, 3.8) is 0 Å². The predicted octanol–water partition coefficient (Wildman–Crippen LogP) is 2.88. The molecule has 1 aromatic heterocycles. The minimum absolute atomic E-state index is 0.0514. The van der Waals surface area contributed by atoms with Gasteiger partial charge in [-0.25, -0.2) is 4.98 Å². The fourth-order valence-corrected chi connectivity index (χ4v) is 2.67. The molecule has 18 heavy (non-hydrogen) atoms. The molecule has 1 atom stereocenters. The van der Waals surface area contributed by atoms with Crippen LogP contribution < -0.4 is 15.8 Å². The Bertz CT molecular complexity index is 537. The lowest BCUT2D eigenvalue weighted by Crippen LogP contribution is -2.04. The number of para-hydroxylation sites is 1. The number of thiazole rings is 1. The highest BCUT2D eigenvalue weighted by molar-refractivity contribution is 7.16. The number of aromatic nitrogens is 1. The molecule has 0 saturated carbocycles. The van der Waals surface area contributed by atoms with Gasteiger partial charge in [0.15, 0.2) is 5.13 Å². The number of anilines is 1. The number of methoxy groups -OCH3 is 1. The van der Waals surface area contributed by atoms with Gasteiger partial charge in [-0.05, 0) is 19.1 Å². The van der Waals surface area contributed by atoms with E-state index in [-0.39, 0.29) is 6.04 Å². The van der Waals surface area contributed by atoms with Crippen LogP contribution in [0.4, 0.5) is 5.13 Å². The lowest BCUT2D eigenvalue weighted by molar-refractivity contribution is 0.416. The quantitative estimate of drug-likeness (QED) is 0.890. The zero-order valence-corrected chi connectivity index (χ0v) is 11.5. The Balaban J connectivity index is 2.58. The van der Waals surface area contributed by atoms with Crippen LogP contribution in [0.3, 0.4) is 0 Å². The summed E-state index contributed by atoms with van der Waals surface area (Å²) in [5.41, 5.74) is 7.89. The van der Waals surface area contributed by atoms with Crippen molar-refractivity contribution in [1.29, 1.82) is 0 Å². The van der Waals surface area contributed by atoms with Gasteiger partial charge in [0.05, 0.1) is 17.7 Å². The Hall–Kier alpha value is -1.59. The summed E-state index contributed by atoms with van der Waals surface area (Å²) in [7, 11) is 3.52. The number of nitrogens with zero attached hydrogens (tertiary/aromatic N) is 1. The fraction of sp³-hybridized carbons (Fsp3) is 0.308. The molecular weight excluding hydrogens is 246 g/mol. The van der Waals surface area contributed by atoms with E-state index in [1.54, 1.807) is 18.4 Å². The van der Waals surface area contributed by atoms with Crippen LogP contribution in [0.25, 0.3) is 11.3 Å². The lowest BCUT2D eigenvalue weighted by Gasteiger charge is -2.09. The molecule has 0 aliphatic rings. The highest BCUT2D eigenvalue weighted by Gasteiger charge is 2.18. The molecule has 0 amide bonds. The molecule has 3 N–H and O–H groups in total. The topological polar surface area (TPSA) is 60.2 Å². The highest BCUT2D eigenvalue weighted by Crippen LogP contribution is 2.38. The summed E-state index contributed by atoms with van der Waals surface area (Å²) in [5, 5.41) is 3.92. The summed E-state index contributed by atoms with van der Waals surface area (Å²) in [4.78, 5) is 5.64. The second-order valence-electron chi connectivity index (χ2n) is 3.97. The van der Waals surface area contributed by atoms with Crippen LogP contribution in [0.2, 0.25) is 0 Å². The van der Waals surface area contributed by atoms with E-state index in [1.807, 2.05) is 38.2 Å². The van der Waals surface area contributed by atoms with Crippen molar-refractivity contribution < 1.29 is 4.74 Å². The Morgan fingerprint density at radius 1 is 1.39 bits per heavy atom. The zero-order valence-electron chi connectivity index (χ0n) is 10.7. The molecule has 0 spiro atoms. The van der Waals surface area contributed by atoms with Gasteiger partial charge >= 0.3 is 0 Å². The molecule has 1 unspecified atom stereocenters. The van der Waals surface area contributed by atoms with E-state index in [1.165, 1.54) is 0 Å². The molecule has 5 heteroatoms. The third-order valence-corrected chi connectivity index (χ3v) is 3.92. The van der Waals surface area contributed by atoms with E-state index >= 15 is 0 Å². The maximum atomic E-state index is 6.01. The molecule has 0 bridgehead atoms. The SMILES string of the molecule is CNc1nc(-c2ccccc2OC)c(C(C)N)s1. The minimum Gasteiger partial charge on any atom is -0.496 e. The van der Waals surface area contributed by atoms with Crippen LogP contribution in [-0.4, -0.2) is 19.1 Å². The number of hydrogen-bond donors (Lipinski definition) is 2. The summed E-state index contributed by atoms with van der Waals surface area (Å²) in [6, 6.07) is 7.79. The molecule has 96 valence electrons. The van der Waals surface area contributed by atoms with Gasteiger partial charge in [-0.15, -0.1) is 0 Å². The molecule has 0 aliphatic carbocycles. The van der Waals surface area contributed by atoms with Gasteiger partial charge in [-0.2, -0.15) is 0 Å². The normalized spacial score (nSPS) is 12.2. The second-order valence-corrected chi connectivity index (χ2v) is 5.00. The van der Waals surface area contributed by atoms with Gasteiger partial charge in [0.1, 0.15) is 5.75 Å². The van der Waals surface area contributed by atoms with E-state index in [4.69, 9.17) is 10.5 Å². The van der Waals surface area contributed by atoms with Crippen LogP contribution >= 0.6 is 11.3 Å².